The monoisotopic (exact) mass is 396 g/mol. The van der Waals surface area contributed by atoms with Crippen LogP contribution in [-0.4, -0.2) is 38.6 Å². The fourth-order valence-electron chi connectivity index (χ4n) is 2.91. The highest BCUT2D eigenvalue weighted by Gasteiger charge is 2.18. The molecule has 0 saturated carbocycles. The van der Waals surface area contributed by atoms with Gasteiger partial charge in [-0.15, -0.1) is 11.3 Å². The van der Waals surface area contributed by atoms with Gasteiger partial charge in [0.2, 0.25) is 0 Å². The average molecular weight is 396 g/mol. The molecule has 4 heterocycles. The molecule has 9 nitrogen and oxygen atoms in total. The van der Waals surface area contributed by atoms with Crippen LogP contribution in [0, 0.1) is 5.41 Å². The van der Waals surface area contributed by atoms with Crippen molar-refractivity contribution >= 4 is 39.1 Å². The highest BCUT2D eigenvalue weighted by Crippen LogP contribution is 2.14. The maximum Gasteiger partial charge on any atom is 0.267 e. The first kappa shape index (κ1) is 18.0. The molecular formula is C18H16N6O3S. The van der Waals surface area contributed by atoms with Crippen LogP contribution >= 0.6 is 11.3 Å². The minimum Gasteiger partial charge on any atom is -0.383 e. The van der Waals surface area contributed by atoms with E-state index in [1.165, 1.54) is 26.4 Å². The number of carbonyl (C=O) groups is 1. The number of fused-ring (bicyclic) bond motifs is 2. The minimum absolute atomic E-state index is 0.0502. The van der Waals surface area contributed by atoms with Crippen LogP contribution in [0.15, 0.2) is 46.8 Å². The van der Waals surface area contributed by atoms with E-state index in [-0.39, 0.29) is 28.5 Å². The number of ether oxygens (including phenoxy) is 1. The van der Waals surface area contributed by atoms with Crippen molar-refractivity contribution < 1.29 is 9.53 Å². The van der Waals surface area contributed by atoms with E-state index in [9.17, 15) is 9.59 Å². The molecular weight excluding hydrogens is 380 g/mol. The van der Waals surface area contributed by atoms with Gasteiger partial charge in [0, 0.05) is 31.4 Å². The first-order chi connectivity index (χ1) is 13.6. The lowest BCUT2D eigenvalue weighted by molar-refractivity contribution is 0.102. The van der Waals surface area contributed by atoms with Crippen molar-refractivity contribution in [2.24, 2.45) is 0 Å². The second-order valence-corrected chi connectivity index (χ2v) is 6.82. The molecule has 0 radical (unpaired) electrons. The number of aromatic nitrogens is 4. The zero-order chi connectivity index (χ0) is 19.7. The predicted molar refractivity (Wildman–Crippen MR) is 105 cm³/mol. The predicted octanol–water partition coefficient (Wildman–Crippen LogP) is 1.48. The molecule has 0 unspecified atom stereocenters. The van der Waals surface area contributed by atoms with E-state index in [0.717, 1.165) is 0 Å². The molecule has 0 bridgehead atoms. The fraction of sp³-hybridized carbons (Fsp3) is 0.167. The van der Waals surface area contributed by atoms with Crippen molar-refractivity contribution in [1.29, 1.82) is 5.41 Å². The van der Waals surface area contributed by atoms with Crippen molar-refractivity contribution in [2.45, 2.75) is 6.54 Å². The Kier molecular flexibility index (Phi) is 4.72. The Morgan fingerprint density at radius 2 is 2.25 bits per heavy atom. The first-order valence-electron chi connectivity index (χ1n) is 8.39. The van der Waals surface area contributed by atoms with Gasteiger partial charge in [-0.3, -0.25) is 24.7 Å². The number of thiazole rings is 1. The van der Waals surface area contributed by atoms with Gasteiger partial charge in [0.15, 0.2) is 5.13 Å². The molecule has 0 aliphatic carbocycles. The SMILES string of the molecule is COCCn1c(=N)c(C(=O)Nc2nccs2)cc2c(=O)n3ccccc3nc21. The summed E-state index contributed by atoms with van der Waals surface area (Å²) in [4.78, 5) is 34.3. The molecule has 4 aromatic heterocycles. The van der Waals surface area contributed by atoms with Gasteiger partial charge in [-0.05, 0) is 18.2 Å². The Hall–Kier alpha value is -3.37. The Morgan fingerprint density at radius 1 is 1.39 bits per heavy atom. The molecule has 4 rings (SSSR count). The summed E-state index contributed by atoms with van der Waals surface area (Å²) in [5, 5.41) is 13.6. The molecule has 28 heavy (non-hydrogen) atoms. The minimum atomic E-state index is -0.509. The number of pyridine rings is 2. The van der Waals surface area contributed by atoms with Gasteiger partial charge in [-0.25, -0.2) is 9.97 Å². The summed E-state index contributed by atoms with van der Waals surface area (Å²) in [5.74, 6) is -0.509. The summed E-state index contributed by atoms with van der Waals surface area (Å²) in [6.45, 7) is 0.582. The maximum atomic E-state index is 13.0. The summed E-state index contributed by atoms with van der Waals surface area (Å²) in [5.41, 5.74) is 0.504. The normalized spacial score (nSPS) is 11.2. The molecule has 0 saturated heterocycles. The molecule has 0 aromatic carbocycles. The Balaban J connectivity index is 1.98. The second-order valence-electron chi connectivity index (χ2n) is 5.93. The summed E-state index contributed by atoms with van der Waals surface area (Å²) in [6.07, 6.45) is 3.19. The zero-order valence-corrected chi connectivity index (χ0v) is 15.7. The van der Waals surface area contributed by atoms with Crippen LogP contribution in [0.25, 0.3) is 16.7 Å². The molecule has 10 heteroatoms. The van der Waals surface area contributed by atoms with Crippen LogP contribution in [-0.2, 0) is 11.3 Å². The maximum absolute atomic E-state index is 13.0. The average Bonchev–Trinajstić information content (AvgIpc) is 3.20. The molecule has 2 N–H and O–H groups in total. The fourth-order valence-corrected chi connectivity index (χ4v) is 3.43. The van der Waals surface area contributed by atoms with E-state index in [1.807, 2.05) is 0 Å². The van der Waals surface area contributed by atoms with E-state index >= 15 is 0 Å². The van der Waals surface area contributed by atoms with Crippen LogP contribution in [0.2, 0.25) is 0 Å². The van der Waals surface area contributed by atoms with Gasteiger partial charge >= 0.3 is 0 Å². The number of methoxy groups -OCH3 is 1. The van der Waals surface area contributed by atoms with Crippen molar-refractivity contribution in [1.82, 2.24) is 18.9 Å². The molecule has 0 fully saturated rings. The standard InChI is InChI=1S/C18H16N6O3S/c1-27-8-7-24-14(19)11(16(25)22-18-20-5-9-28-18)10-12-15(24)21-13-4-2-3-6-23(13)17(12)26/h2-6,9-10,19H,7-8H2,1H3,(H,20,22,25). The van der Waals surface area contributed by atoms with E-state index in [4.69, 9.17) is 10.1 Å². The van der Waals surface area contributed by atoms with Crippen LogP contribution in [0.3, 0.4) is 0 Å². The smallest absolute Gasteiger partial charge is 0.267 e. The number of hydrogen-bond acceptors (Lipinski definition) is 7. The van der Waals surface area contributed by atoms with E-state index in [0.29, 0.717) is 23.0 Å². The number of nitrogens with one attached hydrogen (secondary N) is 2. The van der Waals surface area contributed by atoms with Gasteiger partial charge in [-0.2, -0.15) is 0 Å². The molecule has 0 aliphatic heterocycles. The number of hydrogen-bond donors (Lipinski definition) is 2. The van der Waals surface area contributed by atoms with Crippen molar-refractivity contribution in [3.05, 3.63) is 63.4 Å². The molecule has 142 valence electrons. The van der Waals surface area contributed by atoms with Gasteiger partial charge in [0.1, 0.15) is 16.8 Å². The van der Waals surface area contributed by atoms with Gasteiger partial charge in [-0.1, -0.05) is 6.07 Å². The molecule has 4 aromatic rings. The summed E-state index contributed by atoms with van der Waals surface area (Å²) in [6, 6.07) is 6.65. The van der Waals surface area contributed by atoms with Crippen LogP contribution in [0.5, 0.6) is 0 Å². The topological polar surface area (TPSA) is 114 Å². The first-order valence-corrected chi connectivity index (χ1v) is 9.27. The third-order valence-electron chi connectivity index (χ3n) is 4.23. The third kappa shape index (κ3) is 3.08. The summed E-state index contributed by atoms with van der Waals surface area (Å²) in [7, 11) is 1.54. The summed E-state index contributed by atoms with van der Waals surface area (Å²) >= 11 is 1.27. The Morgan fingerprint density at radius 3 is 3.00 bits per heavy atom. The van der Waals surface area contributed by atoms with Crippen molar-refractivity contribution in [3.8, 4) is 0 Å². The number of amides is 1. The van der Waals surface area contributed by atoms with Crippen LogP contribution in [0.1, 0.15) is 10.4 Å². The second kappa shape index (κ2) is 7.33. The van der Waals surface area contributed by atoms with Crippen molar-refractivity contribution in [2.75, 3.05) is 19.0 Å². The number of rotatable bonds is 5. The van der Waals surface area contributed by atoms with Gasteiger partial charge in [0.05, 0.1) is 17.6 Å². The quantitative estimate of drug-likeness (QED) is 0.496. The van der Waals surface area contributed by atoms with Crippen LogP contribution in [0.4, 0.5) is 5.13 Å². The number of nitrogens with zero attached hydrogens (tertiary/aromatic N) is 4. The summed E-state index contributed by atoms with van der Waals surface area (Å²) < 4.78 is 8.06. The van der Waals surface area contributed by atoms with E-state index in [2.05, 4.69) is 15.3 Å². The lowest BCUT2D eigenvalue weighted by Gasteiger charge is -2.14. The highest BCUT2D eigenvalue weighted by atomic mass is 32.1. The van der Waals surface area contributed by atoms with Crippen LogP contribution < -0.4 is 16.4 Å². The van der Waals surface area contributed by atoms with E-state index in [1.54, 1.807) is 43.1 Å². The highest BCUT2D eigenvalue weighted by molar-refractivity contribution is 7.13. The van der Waals surface area contributed by atoms with Gasteiger partial charge < -0.3 is 9.30 Å². The molecule has 0 aliphatic rings. The Labute approximate surface area is 162 Å². The molecule has 0 spiro atoms. The third-order valence-corrected chi connectivity index (χ3v) is 4.92. The number of anilines is 1. The lowest BCUT2D eigenvalue weighted by atomic mass is 10.2. The zero-order valence-electron chi connectivity index (χ0n) is 14.9. The lowest BCUT2D eigenvalue weighted by Crippen LogP contribution is -2.33. The Bertz CT molecular complexity index is 1290. The largest absolute Gasteiger partial charge is 0.383 e. The number of carbonyl (C=O) groups excluding carboxylic acids is 1. The van der Waals surface area contributed by atoms with E-state index < -0.39 is 5.91 Å². The molecule has 1 amide bonds. The van der Waals surface area contributed by atoms with Crippen molar-refractivity contribution in [3.63, 3.8) is 0 Å². The van der Waals surface area contributed by atoms with Gasteiger partial charge in [0.25, 0.3) is 11.5 Å². The molecule has 0 atom stereocenters.